The number of anilines is 1. The van der Waals surface area contributed by atoms with E-state index in [2.05, 4.69) is 20.6 Å². The van der Waals surface area contributed by atoms with Crippen molar-refractivity contribution in [3.05, 3.63) is 90.8 Å². The molecule has 0 radical (unpaired) electrons. The van der Waals surface area contributed by atoms with E-state index in [9.17, 15) is 4.79 Å². The monoisotopic (exact) mass is 344 g/mol. The number of rotatable bonds is 5. The summed E-state index contributed by atoms with van der Waals surface area (Å²) in [7, 11) is 0. The largest absolute Gasteiger partial charge is 0.321 e. The second-order valence-corrected chi connectivity index (χ2v) is 5.76. The maximum Gasteiger partial charge on any atom is 0.277 e. The third-order valence-electron chi connectivity index (χ3n) is 3.89. The van der Waals surface area contributed by atoms with Crippen LogP contribution in [0.25, 0.3) is 5.69 Å². The van der Waals surface area contributed by atoms with Crippen LogP contribution in [0.3, 0.4) is 0 Å². The summed E-state index contributed by atoms with van der Waals surface area (Å²) in [5, 5.41) is 10.8. The van der Waals surface area contributed by atoms with Gasteiger partial charge in [-0.15, -0.1) is 5.10 Å². The summed E-state index contributed by atoms with van der Waals surface area (Å²) >= 11 is 0. The fourth-order valence-corrected chi connectivity index (χ4v) is 2.57. The molecule has 2 aromatic carbocycles. The summed E-state index contributed by atoms with van der Waals surface area (Å²) in [5.41, 5.74) is 3.03. The molecule has 0 bridgehead atoms. The van der Waals surface area contributed by atoms with Gasteiger partial charge < -0.3 is 9.88 Å². The first-order chi connectivity index (χ1) is 12.8. The van der Waals surface area contributed by atoms with E-state index in [1.54, 1.807) is 23.4 Å². The van der Waals surface area contributed by atoms with E-state index in [-0.39, 0.29) is 11.6 Å². The highest BCUT2D eigenvalue weighted by Crippen LogP contribution is 2.14. The molecule has 26 heavy (non-hydrogen) atoms. The fraction of sp³-hybridized carbons (Fsp3) is 0.0526. The van der Waals surface area contributed by atoms with Crippen LogP contribution in [-0.4, -0.2) is 30.5 Å². The molecule has 0 saturated heterocycles. The Hall–Kier alpha value is -3.74. The Labute approximate surface area is 149 Å². The third kappa shape index (κ3) is 3.51. The first-order valence-electron chi connectivity index (χ1n) is 8.12. The van der Waals surface area contributed by atoms with Gasteiger partial charge in [-0.2, -0.15) is 0 Å². The summed E-state index contributed by atoms with van der Waals surface area (Å²) in [5.74, 6) is -0.292. The van der Waals surface area contributed by atoms with E-state index in [0.29, 0.717) is 12.2 Å². The molecular formula is C19H16N6O. The molecule has 2 heterocycles. The Bertz CT molecular complexity index is 990. The second kappa shape index (κ2) is 7.02. The van der Waals surface area contributed by atoms with E-state index in [1.807, 2.05) is 65.4 Å². The predicted molar refractivity (Wildman–Crippen MR) is 97.1 cm³/mol. The van der Waals surface area contributed by atoms with Crippen molar-refractivity contribution in [2.45, 2.75) is 6.54 Å². The Morgan fingerprint density at radius 3 is 2.58 bits per heavy atom. The van der Waals surface area contributed by atoms with E-state index >= 15 is 0 Å². The van der Waals surface area contributed by atoms with Crippen molar-refractivity contribution in [3.63, 3.8) is 0 Å². The van der Waals surface area contributed by atoms with Gasteiger partial charge in [-0.3, -0.25) is 4.79 Å². The molecule has 7 heteroatoms. The molecule has 4 rings (SSSR count). The van der Waals surface area contributed by atoms with Crippen LogP contribution in [0, 0.1) is 0 Å². The van der Waals surface area contributed by atoms with E-state index in [0.717, 1.165) is 11.3 Å². The quantitative estimate of drug-likeness (QED) is 0.604. The van der Waals surface area contributed by atoms with Crippen molar-refractivity contribution in [2.24, 2.45) is 0 Å². The van der Waals surface area contributed by atoms with Crippen molar-refractivity contribution in [1.29, 1.82) is 0 Å². The Kier molecular flexibility index (Phi) is 4.26. The number of imidazole rings is 1. The topological polar surface area (TPSA) is 77.6 Å². The molecule has 0 fully saturated rings. The number of amides is 1. The van der Waals surface area contributed by atoms with Crippen molar-refractivity contribution < 1.29 is 4.79 Å². The van der Waals surface area contributed by atoms with Crippen LogP contribution in [0.4, 0.5) is 5.69 Å². The molecule has 0 unspecified atom stereocenters. The minimum Gasteiger partial charge on any atom is -0.321 e. The molecule has 1 N–H and O–H groups in total. The highest BCUT2D eigenvalue weighted by atomic mass is 16.2. The molecule has 128 valence electrons. The lowest BCUT2D eigenvalue weighted by Crippen LogP contribution is -2.12. The number of hydrogen-bond acceptors (Lipinski definition) is 4. The summed E-state index contributed by atoms with van der Waals surface area (Å²) in [4.78, 5) is 16.4. The molecule has 2 aromatic heterocycles. The Balaban J connectivity index is 1.42. The molecule has 0 spiro atoms. The summed E-state index contributed by atoms with van der Waals surface area (Å²) in [6.45, 7) is 0.570. The molecule has 0 saturated carbocycles. The number of aromatic nitrogens is 5. The first kappa shape index (κ1) is 15.8. The van der Waals surface area contributed by atoms with Gasteiger partial charge in [-0.1, -0.05) is 35.5 Å². The molecule has 4 aromatic rings. The average molecular weight is 344 g/mol. The normalized spacial score (nSPS) is 10.6. The zero-order valence-electron chi connectivity index (χ0n) is 13.9. The average Bonchev–Trinajstić information content (AvgIpc) is 3.35. The number of hydrogen-bond donors (Lipinski definition) is 1. The first-order valence-corrected chi connectivity index (χ1v) is 8.12. The van der Waals surface area contributed by atoms with Gasteiger partial charge in [0, 0.05) is 23.8 Å². The van der Waals surface area contributed by atoms with E-state index in [4.69, 9.17) is 0 Å². The number of carbonyl (C=O) groups is 1. The number of benzene rings is 2. The predicted octanol–water partition coefficient (Wildman–Crippen LogP) is 2.76. The van der Waals surface area contributed by atoms with Crippen molar-refractivity contribution in [2.75, 3.05) is 5.32 Å². The number of carbonyl (C=O) groups excluding carboxylic acids is 1. The second-order valence-electron chi connectivity index (χ2n) is 5.76. The zero-order chi connectivity index (χ0) is 17.8. The van der Waals surface area contributed by atoms with Gasteiger partial charge in [0.2, 0.25) is 0 Å². The van der Waals surface area contributed by atoms with Gasteiger partial charge in [-0.05, 0) is 29.8 Å². The minimum atomic E-state index is -0.292. The minimum absolute atomic E-state index is 0.277. The molecule has 0 aliphatic carbocycles. The van der Waals surface area contributed by atoms with Crippen LogP contribution in [0.5, 0.6) is 0 Å². The lowest BCUT2D eigenvalue weighted by molar-refractivity contribution is 0.102. The third-order valence-corrected chi connectivity index (χ3v) is 3.89. The molecule has 0 atom stereocenters. The molecule has 1 amide bonds. The van der Waals surface area contributed by atoms with Crippen LogP contribution in [0.2, 0.25) is 0 Å². The highest BCUT2D eigenvalue weighted by molar-refractivity contribution is 6.02. The SMILES string of the molecule is O=C(Nc1ccc(-n2ccnc2)cc1)c1cn(Cc2ccccc2)nn1. The van der Waals surface area contributed by atoms with Crippen LogP contribution in [-0.2, 0) is 6.54 Å². The maximum absolute atomic E-state index is 12.4. The van der Waals surface area contributed by atoms with Gasteiger partial charge in [0.05, 0.1) is 19.1 Å². The Morgan fingerprint density at radius 1 is 1.04 bits per heavy atom. The van der Waals surface area contributed by atoms with Crippen molar-refractivity contribution in [3.8, 4) is 5.69 Å². The van der Waals surface area contributed by atoms with Gasteiger partial charge in [0.1, 0.15) is 0 Å². The molecule has 0 aliphatic heterocycles. The van der Waals surface area contributed by atoms with Gasteiger partial charge in [0.15, 0.2) is 5.69 Å². The zero-order valence-corrected chi connectivity index (χ0v) is 13.9. The van der Waals surface area contributed by atoms with Gasteiger partial charge >= 0.3 is 0 Å². The standard InChI is InChI=1S/C19H16N6O/c26-19(18-13-25(23-22-18)12-15-4-2-1-3-5-15)21-16-6-8-17(9-7-16)24-11-10-20-14-24/h1-11,13-14H,12H2,(H,21,26). The van der Waals surface area contributed by atoms with Crippen molar-refractivity contribution >= 4 is 11.6 Å². The highest BCUT2D eigenvalue weighted by Gasteiger charge is 2.11. The molecule has 0 aliphatic rings. The van der Waals surface area contributed by atoms with Crippen LogP contribution in [0.15, 0.2) is 79.5 Å². The Morgan fingerprint density at radius 2 is 1.85 bits per heavy atom. The van der Waals surface area contributed by atoms with E-state index in [1.165, 1.54) is 0 Å². The summed E-state index contributed by atoms with van der Waals surface area (Å²) in [6.07, 6.45) is 6.94. The van der Waals surface area contributed by atoms with Crippen molar-refractivity contribution in [1.82, 2.24) is 24.5 Å². The fourth-order valence-electron chi connectivity index (χ4n) is 2.57. The molecular weight excluding hydrogens is 328 g/mol. The summed E-state index contributed by atoms with van der Waals surface area (Å²) < 4.78 is 3.53. The van der Waals surface area contributed by atoms with Gasteiger partial charge in [-0.25, -0.2) is 9.67 Å². The number of nitrogens with zero attached hydrogens (tertiary/aromatic N) is 5. The number of nitrogens with one attached hydrogen (secondary N) is 1. The van der Waals surface area contributed by atoms with Gasteiger partial charge in [0.25, 0.3) is 5.91 Å². The lowest BCUT2D eigenvalue weighted by atomic mass is 10.2. The lowest BCUT2D eigenvalue weighted by Gasteiger charge is -2.05. The van der Waals surface area contributed by atoms with Crippen LogP contribution < -0.4 is 5.32 Å². The van der Waals surface area contributed by atoms with E-state index < -0.39 is 0 Å². The van der Waals surface area contributed by atoms with Crippen LogP contribution >= 0.6 is 0 Å². The maximum atomic E-state index is 12.4. The summed E-state index contributed by atoms with van der Waals surface area (Å²) in [6, 6.07) is 17.4. The van der Waals surface area contributed by atoms with Crippen LogP contribution in [0.1, 0.15) is 16.1 Å². The smallest absolute Gasteiger partial charge is 0.277 e. The molecule has 7 nitrogen and oxygen atoms in total.